The van der Waals surface area contributed by atoms with Crippen LogP contribution in [0.2, 0.25) is 0 Å². The molecule has 6 heteroatoms. The highest BCUT2D eigenvalue weighted by Crippen LogP contribution is 2.30. The van der Waals surface area contributed by atoms with E-state index in [1.807, 2.05) is 25.9 Å². The molecule has 0 aromatic rings. The molecule has 0 aliphatic carbocycles. The third kappa shape index (κ3) is 6.08. The fourth-order valence-corrected chi connectivity index (χ4v) is 3.56. The van der Waals surface area contributed by atoms with Crippen molar-refractivity contribution in [3.8, 4) is 0 Å². The fraction of sp³-hybridized carbons (Fsp3) is 0.769. The Balaban J connectivity index is 5.17. The Morgan fingerprint density at radius 1 is 1.37 bits per heavy atom. The van der Waals surface area contributed by atoms with E-state index in [-0.39, 0.29) is 5.25 Å². The summed E-state index contributed by atoms with van der Waals surface area (Å²) in [5, 5.41) is 0.125. The summed E-state index contributed by atoms with van der Waals surface area (Å²) in [6.07, 6.45) is 6.94. The van der Waals surface area contributed by atoms with Gasteiger partial charge < -0.3 is 9.47 Å². The second-order valence-electron chi connectivity index (χ2n) is 4.12. The Morgan fingerprint density at radius 3 is 2.37 bits per heavy atom. The van der Waals surface area contributed by atoms with Crippen LogP contribution in [0.15, 0.2) is 0 Å². The van der Waals surface area contributed by atoms with Gasteiger partial charge >= 0.3 is 11.9 Å². The molecule has 0 amide bonds. The van der Waals surface area contributed by atoms with Gasteiger partial charge in [0.1, 0.15) is 0 Å². The molecule has 0 bridgehead atoms. The van der Waals surface area contributed by atoms with Crippen LogP contribution in [0, 0.1) is 6.42 Å². The van der Waals surface area contributed by atoms with Gasteiger partial charge in [0.2, 0.25) is 5.60 Å². The minimum absolute atomic E-state index is 0.125. The van der Waals surface area contributed by atoms with Crippen LogP contribution in [-0.2, 0) is 19.1 Å². The highest BCUT2D eigenvalue weighted by Gasteiger charge is 2.44. The van der Waals surface area contributed by atoms with Crippen LogP contribution in [0.5, 0.6) is 0 Å². The van der Waals surface area contributed by atoms with Crippen LogP contribution in [0.1, 0.15) is 26.7 Å². The summed E-state index contributed by atoms with van der Waals surface area (Å²) in [6.45, 7) is 3.25. The van der Waals surface area contributed by atoms with E-state index in [9.17, 15) is 9.59 Å². The van der Waals surface area contributed by atoms with Gasteiger partial charge in [0.15, 0.2) is 0 Å². The number of hydrogen-bond acceptors (Lipinski definition) is 6. The molecular formula is C13H23O4S2. The number of ether oxygens (including phenoxy) is 2. The second kappa shape index (κ2) is 9.53. The predicted molar refractivity (Wildman–Crippen MR) is 81.4 cm³/mol. The van der Waals surface area contributed by atoms with Crippen LogP contribution < -0.4 is 0 Å². The highest BCUT2D eigenvalue weighted by molar-refractivity contribution is 8.02. The Labute approximate surface area is 124 Å². The zero-order chi connectivity index (χ0) is 14.9. The number of rotatable bonds is 9. The Kier molecular flexibility index (Phi) is 9.35. The first-order valence-electron chi connectivity index (χ1n) is 6.11. The van der Waals surface area contributed by atoms with E-state index >= 15 is 0 Å². The molecule has 4 nitrogen and oxygen atoms in total. The number of methoxy groups -OCH3 is 1. The van der Waals surface area contributed by atoms with Crippen molar-refractivity contribution >= 4 is 35.5 Å². The molecule has 0 aromatic heterocycles. The number of esters is 2. The number of thioether (sulfide) groups is 2. The predicted octanol–water partition coefficient (Wildman–Crippen LogP) is 2.56. The summed E-state index contributed by atoms with van der Waals surface area (Å²) in [6, 6.07) is 0. The minimum atomic E-state index is -1.27. The average molecular weight is 307 g/mol. The second-order valence-corrected chi connectivity index (χ2v) is 6.11. The Morgan fingerprint density at radius 2 is 2.00 bits per heavy atom. The highest BCUT2D eigenvalue weighted by atomic mass is 32.2. The zero-order valence-corrected chi connectivity index (χ0v) is 13.9. The maximum atomic E-state index is 12.1. The van der Waals surface area contributed by atoms with Crippen LogP contribution >= 0.6 is 23.5 Å². The molecule has 2 atom stereocenters. The summed E-state index contributed by atoms with van der Waals surface area (Å²) in [7, 11) is 1.31. The smallest absolute Gasteiger partial charge is 0.350 e. The lowest BCUT2D eigenvalue weighted by molar-refractivity contribution is -0.176. The summed E-state index contributed by atoms with van der Waals surface area (Å²) in [4.78, 5) is 23.4. The number of carbonyl (C=O) groups excluding carboxylic acids is 2. The minimum Gasteiger partial charge on any atom is -0.466 e. The van der Waals surface area contributed by atoms with Gasteiger partial charge in [-0.25, -0.2) is 4.79 Å². The SMILES string of the molecule is CCCC([CH]C(CSC)SC)(OC(C)=O)C(=O)OC. The van der Waals surface area contributed by atoms with Crippen molar-refractivity contribution in [2.75, 3.05) is 25.4 Å². The molecule has 0 N–H and O–H groups in total. The van der Waals surface area contributed by atoms with Gasteiger partial charge in [0, 0.05) is 24.3 Å². The van der Waals surface area contributed by atoms with Gasteiger partial charge in [-0.2, -0.15) is 23.5 Å². The molecule has 19 heavy (non-hydrogen) atoms. The Hall–Kier alpha value is -0.360. The van der Waals surface area contributed by atoms with Gasteiger partial charge in [-0.05, 0) is 18.9 Å². The van der Waals surface area contributed by atoms with Crippen molar-refractivity contribution < 1.29 is 19.1 Å². The molecule has 0 aromatic carbocycles. The number of carbonyl (C=O) groups is 2. The maximum absolute atomic E-state index is 12.1. The quantitative estimate of drug-likeness (QED) is 0.610. The zero-order valence-electron chi connectivity index (χ0n) is 12.2. The van der Waals surface area contributed by atoms with E-state index in [1.54, 1.807) is 23.5 Å². The monoisotopic (exact) mass is 307 g/mol. The van der Waals surface area contributed by atoms with Crippen LogP contribution in [0.25, 0.3) is 0 Å². The molecule has 2 unspecified atom stereocenters. The third-order valence-corrected chi connectivity index (χ3v) is 4.38. The molecule has 0 spiro atoms. The van der Waals surface area contributed by atoms with Crippen molar-refractivity contribution in [3.05, 3.63) is 6.42 Å². The normalized spacial score (nSPS) is 15.4. The third-order valence-electron chi connectivity index (χ3n) is 2.57. The van der Waals surface area contributed by atoms with Crippen molar-refractivity contribution in [2.45, 2.75) is 37.5 Å². The summed E-state index contributed by atoms with van der Waals surface area (Å²) >= 11 is 3.31. The first kappa shape index (κ1) is 18.6. The van der Waals surface area contributed by atoms with Gasteiger partial charge in [-0.15, -0.1) is 0 Å². The van der Waals surface area contributed by atoms with Gasteiger partial charge in [0.25, 0.3) is 0 Å². The van der Waals surface area contributed by atoms with Crippen LogP contribution in [0.3, 0.4) is 0 Å². The van der Waals surface area contributed by atoms with E-state index < -0.39 is 17.5 Å². The molecule has 0 aliphatic rings. The van der Waals surface area contributed by atoms with Crippen molar-refractivity contribution in [1.29, 1.82) is 0 Å². The molecule has 0 fully saturated rings. The summed E-state index contributed by atoms with van der Waals surface area (Å²) < 4.78 is 10.1. The van der Waals surface area contributed by atoms with Crippen molar-refractivity contribution in [1.82, 2.24) is 0 Å². The molecule has 0 saturated carbocycles. The first-order valence-corrected chi connectivity index (χ1v) is 8.79. The standard InChI is InChI=1S/C13H23O4S2/c1-6-7-13(12(15)16-3,17-10(2)14)8-11(19-5)9-18-4/h8,11H,6-7,9H2,1-5H3. The largest absolute Gasteiger partial charge is 0.466 e. The van der Waals surface area contributed by atoms with Crippen molar-refractivity contribution in [3.63, 3.8) is 0 Å². The summed E-state index contributed by atoms with van der Waals surface area (Å²) in [5.41, 5.74) is -1.27. The molecule has 0 heterocycles. The van der Waals surface area contributed by atoms with E-state index in [1.165, 1.54) is 14.0 Å². The maximum Gasteiger partial charge on any atom is 0.350 e. The van der Waals surface area contributed by atoms with Gasteiger partial charge in [-0.3, -0.25) is 4.79 Å². The lowest BCUT2D eigenvalue weighted by Crippen LogP contribution is -2.47. The van der Waals surface area contributed by atoms with E-state index in [4.69, 9.17) is 9.47 Å². The lowest BCUT2D eigenvalue weighted by Gasteiger charge is -2.32. The van der Waals surface area contributed by atoms with Gasteiger partial charge in [0.05, 0.1) is 7.11 Å². The topological polar surface area (TPSA) is 52.6 Å². The van der Waals surface area contributed by atoms with E-state index in [2.05, 4.69) is 0 Å². The number of hydrogen-bond donors (Lipinski definition) is 0. The molecule has 0 saturated heterocycles. The van der Waals surface area contributed by atoms with E-state index in [0.717, 1.165) is 12.2 Å². The fourth-order valence-electron chi connectivity index (χ4n) is 1.83. The Bertz CT molecular complexity index is 296. The molecule has 111 valence electrons. The van der Waals surface area contributed by atoms with Gasteiger partial charge in [-0.1, -0.05) is 13.3 Å². The lowest BCUT2D eigenvalue weighted by atomic mass is 9.92. The molecule has 1 radical (unpaired) electrons. The molecular weight excluding hydrogens is 284 g/mol. The van der Waals surface area contributed by atoms with Crippen LogP contribution in [-0.4, -0.2) is 48.2 Å². The molecule has 0 aliphatic heterocycles. The van der Waals surface area contributed by atoms with E-state index in [0.29, 0.717) is 6.42 Å². The summed E-state index contributed by atoms with van der Waals surface area (Å²) in [5.74, 6) is -0.131. The first-order chi connectivity index (χ1) is 8.95. The average Bonchev–Trinajstić information content (AvgIpc) is 2.36. The van der Waals surface area contributed by atoms with Crippen molar-refractivity contribution in [2.24, 2.45) is 0 Å². The van der Waals surface area contributed by atoms with Crippen LogP contribution in [0.4, 0.5) is 0 Å². The molecule has 0 rings (SSSR count).